The summed E-state index contributed by atoms with van der Waals surface area (Å²) in [4.78, 5) is 4.20. The van der Waals surface area contributed by atoms with Crippen LogP contribution in [0.1, 0.15) is 23.1 Å². The molecule has 0 saturated heterocycles. The molecule has 0 radical (unpaired) electrons. The Bertz CT molecular complexity index is 705. The highest BCUT2D eigenvalue weighted by Gasteiger charge is 2.23. The van der Waals surface area contributed by atoms with Gasteiger partial charge in [0.2, 0.25) is 15.9 Å². The van der Waals surface area contributed by atoms with Crippen molar-refractivity contribution in [3.8, 4) is 0 Å². The molecule has 116 valence electrons. The van der Waals surface area contributed by atoms with Gasteiger partial charge in [-0.25, -0.2) is 13.1 Å². The molecule has 0 spiro atoms. The maximum atomic E-state index is 12.3. The molecule has 21 heavy (non-hydrogen) atoms. The largest absolute Gasteiger partial charge is 0.339 e. The lowest BCUT2D eigenvalue weighted by molar-refractivity contribution is 0.375. The quantitative estimate of drug-likeness (QED) is 0.637. The van der Waals surface area contributed by atoms with Crippen molar-refractivity contribution in [3.05, 3.63) is 23.1 Å². The Hall–Kier alpha value is -1.78. The van der Waals surface area contributed by atoms with Gasteiger partial charge in [-0.15, -0.1) is 0 Å². The number of rotatable bonds is 7. The van der Waals surface area contributed by atoms with Crippen LogP contribution in [0.2, 0.25) is 0 Å². The fourth-order valence-electron chi connectivity index (χ4n) is 1.92. The minimum Gasteiger partial charge on any atom is -0.339 e. The van der Waals surface area contributed by atoms with E-state index >= 15 is 0 Å². The van der Waals surface area contributed by atoms with E-state index in [1.807, 2.05) is 0 Å². The number of nitrogens with zero attached hydrogens (tertiary/aromatic N) is 3. The summed E-state index contributed by atoms with van der Waals surface area (Å²) in [7, 11) is -1.91. The molecule has 0 aliphatic rings. The highest BCUT2D eigenvalue weighted by molar-refractivity contribution is 7.89. The van der Waals surface area contributed by atoms with Crippen molar-refractivity contribution in [3.63, 3.8) is 0 Å². The summed E-state index contributed by atoms with van der Waals surface area (Å²) in [5.41, 5.74) is 0.956. The molecule has 0 unspecified atom stereocenters. The number of hydrogen-bond donors (Lipinski definition) is 3. The summed E-state index contributed by atoms with van der Waals surface area (Å²) in [6.45, 7) is 3.91. The number of aryl methyl sites for hydroxylation is 2. The molecule has 2 rings (SSSR count). The van der Waals surface area contributed by atoms with Gasteiger partial charge in [-0.05, 0) is 20.9 Å². The molecule has 0 aromatic carbocycles. The molecule has 0 aliphatic heterocycles. The normalized spacial score (nSPS) is 12.0. The maximum absolute atomic E-state index is 12.3. The zero-order chi connectivity index (χ0) is 15.5. The van der Waals surface area contributed by atoms with Crippen molar-refractivity contribution >= 4 is 10.0 Å². The average molecular weight is 314 g/mol. The van der Waals surface area contributed by atoms with Gasteiger partial charge >= 0.3 is 0 Å². The van der Waals surface area contributed by atoms with E-state index in [0.29, 0.717) is 36.1 Å². The second-order valence-electron chi connectivity index (χ2n) is 4.54. The van der Waals surface area contributed by atoms with Crippen LogP contribution in [0.4, 0.5) is 0 Å². The van der Waals surface area contributed by atoms with Crippen molar-refractivity contribution in [2.45, 2.75) is 31.7 Å². The van der Waals surface area contributed by atoms with Gasteiger partial charge in [0.1, 0.15) is 4.90 Å². The molecule has 2 heterocycles. The van der Waals surface area contributed by atoms with Crippen molar-refractivity contribution in [2.24, 2.45) is 0 Å². The fourth-order valence-corrected chi connectivity index (χ4v) is 3.31. The van der Waals surface area contributed by atoms with Crippen molar-refractivity contribution in [1.82, 2.24) is 30.4 Å². The third kappa shape index (κ3) is 3.65. The first kappa shape index (κ1) is 15.6. The molecule has 0 amide bonds. The Morgan fingerprint density at radius 2 is 2.10 bits per heavy atom. The molecular weight excluding hydrogens is 296 g/mol. The summed E-state index contributed by atoms with van der Waals surface area (Å²) in [6, 6.07) is 0. The van der Waals surface area contributed by atoms with Crippen LogP contribution in [-0.2, 0) is 23.0 Å². The number of sulfonamides is 1. The van der Waals surface area contributed by atoms with Crippen LogP contribution in [0.25, 0.3) is 0 Å². The predicted octanol–water partition coefficient (Wildman–Crippen LogP) is -0.350. The van der Waals surface area contributed by atoms with E-state index in [0.717, 1.165) is 0 Å². The van der Waals surface area contributed by atoms with Gasteiger partial charge < -0.3 is 9.84 Å². The average Bonchev–Trinajstić information content (AvgIpc) is 2.97. The van der Waals surface area contributed by atoms with Crippen LogP contribution in [0.15, 0.2) is 9.42 Å². The molecule has 10 heteroatoms. The Morgan fingerprint density at radius 3 is 2.71 bits per heavy atom. The zero-order valence-corrected chi connectivity index (χ0v) is 12.9. The van der Waals surface area contributed by atoms with E-state index in [1.54, 1.807) is 20.9 Å². The van der Waals surface area contributed by atoms with Crippen molar-refractivity contribution in [1.29, 1.82) is 0 Å². The summed E-state index contributed by atoms with van der Waals surface area (Å²) in [5, 5.41) is 13.2. The van der Waals surface area contributed by atoms with Gasteiger partial charge in [0.05, 0.1) is 11.4 Å². The summed E-state index contributed by atoms with van der Waals surface area (Å²) < 4.78 is 32.1. The minimum absolute atomic E-state index is 0.174. The van der Waals surface area contributed by atoms with Crippen LogP contribution < -0.4 is 10.0 Å². The Kier molecular flexibility index (Phi) is 4.70. The lowest BCUT2D eigenvalue weighted by Gasteiger charge is -2.06. The number of aromatic nitrogens is 4. The standard InChI is InChI=1S/C11H18N6O3S/c1-7-11(9(6-12-3)16-15-7)21(18,19)13-5-4-10-14-8(2)17-20-10/h12-13H,4-6H2,1-3H3,(H,15,16). The third-order valence-electron chi connectivity index (χ3n) is 2.77. The molecule has 3 N–H and O–H groups in total. The molecule has 0 aliphatic carbocycles. The van der Waals surface area contributed by atoms with E-state index < -0.39 is 10.0 Å². The summed E-state index contributed by atoms with van der Waals surface area (Å²) >= 11 is 0. The fraction of sp³-hybridized carbons (Fsp3) is 0.545. The van der Waals surface area contributed by atoms with Gasteiger partial charge in [-0.3, -0.25) is 5.10 Å². The van der Waals surface area contributed by atoms with Crippen LogP contribution in [-0.4, -0.2) is 42.3 Å². The van der Waals surface area contributed by atoms with E-state index in [2.05, 4.69) is 30.4 Å². The molecule has 0 saturated carbocycles. The van der Waals surface area contributed by atoms with Gasteiger partial charge in [0, 0.05) is 19.5 Å². The van der Waals surface area contributed by atoms with Crippen molar-refractivity contribution in [2.75, 3.05) is 13.6 Å². The maximum Gasteiger partial charge on any atom is 0.244 e. The van der Waals surface area contributed by atoms with Gasteiger partial charge in [0.15, 0.2) is 5.82 Å². The summed E-state index contributed by atoms with van der Waals surface area (Å²) in [6.07, 6.45) is 0.332. The van der Waals surface area contributed by atoms with Crippen molar-refractivity contribution < 1.29 is 12.9 Å². The van der Waals surface area contributed by atoms with Crippen LogP contribution in [0, 0.1) is 13.8 Å². The molecule has 0 atom stereocenters. The monoisotopic (exact) mass is 314 g/mol. The van der Waals surface area contributed by atoms with Crippen LogP contribution >= 0.6 is 0 Å². The first-order chi connectivity index (χ1) is 9.94. The lowest BCUT2D eigenvalue weighted by Crippen LogP contribution is -2.27. The van der Waals surface area contributed by atoms with Gasteiger partial charge in [-0.1, -0.05) is 5.16 Å². The SMILES string of the molecule is CNCc1n[nH]c(C)c1S(=O)(=O)NCCc1nc(C)no1. The Balaban J connectivity index is 2.06. The second kappa shape index (κ2) is 6.33. The number of H-pyrrole nitrogens is 1. The molecule has 2 aromatic heterocycles. The highest BCUT2D eigenvalue weighted by Crippen LogP contribution is 2.17. The first-order valence-corrected chi connectivity index (χ1v) is 7.89. The molecule has 0 bridgehead atoms. The lowest BCUT2D eigenvalue weighted by atomic mass is 10.4. The number of hydrogen-bond acceptors (Lipinski definition) is 7. The van der Waals surface area contributed by atoms with E-state index in [9.17, 15) is 8.42 Å². The summed E-state index contributed by atoms with van der Waals surface area (Å²) in [5.74, 6) is 0.921. The molecule has 0 fully saturated rings. The topological polar surface area (TPSA) is 126 Å². The van der Waals surface area contributed by atoms with Gasteiger partial charge in [0.25, 0.3) is 0 Å². The highest BCUT2D eigenvalue weighted by atomic mass is 32.2. The molecular formula is C11H18N6O3S. The van der Waals surface area contributed by atoms with E-state index in [4.69, 9.17) is 4.52 Å². The predicted molar refractivity (Wildman–Crippen MR) is 74.0 cm³/mol. The molecule has 2 aromatic rings. The Morgan fingerprint density at radius 1 is 1.33 bits per heavy atom. The van der Waals surface area contributed by atoms with Gasteiger partial charge in [-0.2, -0.15) is 10.1 Å². The minimum atomic E-state index is -3.64. The second-order valence-corrected chi connectivity index (χ2v) is 6.24. The molecule has 9 nitrogen and oxygen atoms in total. The smallest absolute Gasteiger partial charge is 0.244 e. The van der Waals surface area contributed by atoms with Crippen LogP contribution in [0.3, 0.4) is 0 Å². The number of nitrogens with one attached hydrogen (secondary N) is 3. The third-order valence-corrected chi connectivity index (χ3v) is 4.44. The Labute approximate surface area is 122 Å². The zero-order valence-electron chi connectivity index (χ0n) is 12.1. The van der Waals surface area contributed by atoms with E-state index in [-0.39, 0.29) is 11.4 Å². The van der Waals surface area contributed by atoms with E-state index in [1.165, 1.54) is 0 Å². The van der Waals surface area contributed by atoms with Crippen LogP contribution in [0.5, 0.6) is 0 Å². The number of aromatic amines is 1. The first-order valence-electron chi connectivity index (χ1n) is 6.41.